The molecule has 1 aromatic carbocycles. The summed E-state index contributed by atoms with van der Waals surface area (Å²) >= 11 is 0. The van der Waals surface area contributed by atoms with E-state index in [0.29, 0.717) is 38.4 Å². The van der Waals surface area contributed by atoms with Crippen LogP contribution in [-0.4, -0.2) is 55.6 Å². The molecule has 3 amide bonds. The molecule has 0 saturated carbocycles. The van der Waals surface area contributed by atoms with Crippen LogP contribution in [0.1, 0.15) is 18.9 Å². The number of alkyl halides is 3. The number of piperazine rings is 1. The van der Waals surface area contributed by atoms with Crippen LogP contribution >= 0.6 is 0 Å². The van der Waals surface area contributed by atoms with Crippen LogP contribution in [0.2, 0.25) is 0 Å². The van der Waals surface area contributed by atoms with Gasteiger partial charge in [-0.3, -0.25) is 4.79 Å². The van der Waals surface area contributed by atoms with E-state index in [2.05, 4.69) is 10.6 Å². The smallest absolute Gasteiger partial charge is 0.368 e. The number of hydrogen-bond donors (Lipinski definition) is 2. The Balaban J connectivity index is 1.54. The molecule has 2 heterocycles. The molecule has 6 nitrogen and oxygen atoms in total. The zero-order chi connectivity index (χ0) is 19.6. The number of anilines is 1. The quantitative estimate of drug-likeness (QED) is 0.821. The van der Waals surface area contributed by atoms with Crippen molar-refractivity contribution in [2.45, 2.75) is 25.6 Å². The highest BCUT2D eigenvalue weighted by Crippen LogP contribution is 2.30. The molecule has 0 aromatic heterocycles. The van der Waals surface area contributed by atoms with Gasteiger partial charge in [0.05, 0.1) is 5.56 Å². The lowest BCUT2D eigenvalue weighted by Gasteiger charge is -2.37. The van der Waals surface area contributed by atoms with Crippen LogP contribution in [0.5, 0.6) is 0 Å². The molecule has 2 atom stereocenters. The Morgan fingerprint density at radius 3 is 2.33 bits per heavy atom. The maximum absolute atomic E-state index is 12.7. The molecule has 0 aliphatic carbocycles. The summed E-state index contributed by atoms with van der Waals surface area (Å²) in [6.45, 7) is 4.48. The Morgan fingerprint density at radius 2 is 1.78 bits per heavy atom. The molecule has 0 bridgehead atoms. The molecular weight excluding hydrogens is 361 g/mol. The van der Waals surface area contributed by atoms with Crippen molar-refractivity contribution in [2.75, 3.05) is 37.6 Å². The second kappa shape index (κ2) is 7.66. The molecule has 2 aliphatic heterocycles. The normalized spacial score (nSPS) is 23.8. The first-order valence-corrected chi connectivity index (χ1v) is 9.01. The van der Waals surface area contributed by atoms with Crippen molar-refractivity contribution in [2.24, 2.45) is 5.92 Å². The number of urea groups is 1. The van der Waals surface area contributed by atoms with Gasteiger partial charge in [-0.2, -0.15) is 13.2 Å². The topological polar surface area (TPSA) is 64.7 Å². The van der Waals surface area contributed by atoms with Gasteiger partial charge in [0.1, 0.15) is 6.04 Å². The fourth-order valence-electron chi connectivity index (χ4n) is 3.42. The highest BCUT2D eigenvalue weighted by atomic mass is 19.4. The fourth-order valence-corrected chi connectivity index (χ4v) is 3.42. The summed E-state index contributed by atoms with van der Waals surface area (Å²) in [7, 11) is 0. The third-order valence-corrected chi connectivity index (χ3v) is 5.16. The highest BCUT2D eigenvalue weighted by molar-refractivity contribution is 5.88. The van der Waals surface area contributed by atoms with Crippen molar-refractivity contribution >= 4 is 17.6 Å². The van der Waals surface area contributed by atoms with E-state index < -0.39 is 17.8 Å². The number of amides is 3. The van der Waals surface area contributed by atoms with Crippen LogP contribution in [0.3, 0.4) is 0 Å². The van der Waals surface area contributed by atoms with Crippen LogP contribution in [0.25, 0.3) is 0 Å². The van der Waals surface area contributed by atoms with Crippen molar-refractivity contribution in [3.8, 4) is 0 Å². The number of hydrogen-bond acceptors (Lipinski definition) is 3. The zero-order valence-electron chi connectivity index (χ0n) is 15.1. The van der Waals surface area contributed by atoms with E-state index >= 15 is 0 Å². The summed E-state index contributed by atoms with van der Waals surface area (Å²) in [6, 6.07) is 4.23. The number of carbonyl (C=O) groups is 2. The van der Waals surface area contributed by atoms with Gasteiger partial charge in [0.25, 0.3) is 0 Å². The van der Waals surface area contributed by atoms with Crippen molar-refractivity contribution in [1.29, 1.82) is 0 Å². The lowest BCUT2D eigenvalue weighted by atomic mass is 9.94. The van der Waals surface area contributed by atoms with E-state index in [9.17, 15) is 22.8 Å². The minimum atomic E-state index is -4.35. The first-order valence-electron chi connectivity index (χ1n) is 9.01. The van der Waals surface area contributed by atoms with E-state index in [0.717, 1.165) is 18.6 Å². The van der Waals surface area contributed by atoms with Crippen LogP contribution < -0.4 is 15.5 Å². The van der Waals surface area contributed by atoms with Crippen molar-refractivity contribution in [1.82, 2.24) is 15.5 Å². The Morgan fingerprint density at radius 1 is 1.15 bits per heavy atom. The summed E-state index contributed by atoms with van der Waals surface area (Å²) in [5.74, 6) is -0.0818. The zero-order valence-corrected chi connectivity index (χ0v) is 15.1. The molecule has 27 heavy (non-hydrogen) atoms. The fraction of sp³-hybridized carbons (Fsp3) is 0.556. The molecule has 2 N–H and O–H groups in total. The lowest BCUT2D eigenvalue weighted by molar-refractivity contribution is -0.137. The van der Waals surface area contributed by atoms with E-state index in [-0.39, 0.29) is 17.9 Å². The second-order valence-electron chi connectivity index (χ2n) is 7.00. The Hall–Kier alpha value is -2.45. The summed E-state index contributed by atoms with van der Waals surface area (Å²) in [5, 5.41) is 5.55. The Labute approximate surface area is 155 Å². The van der Waals surface area contributed by atoms with E-state index in [1.54, 1.807) is 4.90 Å². The molecule has 0 radical (unpaired) electrons. The first kappa shape index (κ1) is 19.3. The van der Waals surface area contributed by atoms with Crippen LogP contribution in [-0.2, 0) is 11.0 Å². The monoisotopic (exact) mass is 384 g/mol. The number of nitrogens with one attached hydrogen (secondary N) is 2. The predicted molar refractivity (Wildman–Crippen MR) is 94.3 cm³/mol. The molecule has 9 heteroatoms. The average molecular weight is 384 g/mol. The second-order valence-corrected chi connectivity index (χ2v) is 7.00. The number of nitrogens with zero attached hydrogens (tertiary/aromatic N) is 2. The Kier molecular flexibility index (Phi) is 5.48. The third kappa shape index (κ3) is 4.45. The molecule has 3 rings (SSSR count). The number of benzene rings is 1. The Bertz CT molecular complexity index is 685. The first-order chi connectivity index (χ1) is 12.8. The van der Waals surface area contributed by atoms with Gasteiger partial charge in [-0.15, -0.1) is 0 Å². The van der Waals surface area contributed by atoms with Gasteiger partial charge in [0.15, 0.2) is 0 Å². The van der Waals surface area contributed by atoms with Crippen LogP contribution in [0.4, 0.5) is 23.7 Å². The van der Waals surface area contributed by atoms with Crippen molar-refractivity contribution < 1.29 is 22.8 Å². The lowest BCUT2D eigenvalue weighted by Crippen LogP contribution is -2.59. The number of piperidine rings is 1. The molecule has 1 aromatic rings. The maximum Gasteiger partial charge on any atom is 0.416 e. The predicted octanol–water partition coefficient (Wildman–Crippen LogP) is 2.06. The van der Waals surface area contributed by atoms with Crippen LogP contribution in [0, 0.1) is 5.92 Å². The van der Waals surface area contributed by atoms with Gasteiger partial charge >= 0.3 is 12.2 Å². The van der Waals surface area contributed by atoms with Gasteiger partial charge in [-0.25, -0.2) is 4.79 Å². The average Bonchev–Trinajstić information content (AvgIpc) is 2.64. The minimum Gasteiger partial charge on any atom is -0.368 e. The van der Waals surface area contributed by atoms with Gasteiger partial charge < -0.3 is 20.4 Å². The summed E-state index contributed by atoms with van der Waals surface area (Å²) < 4.78 is 38.0. The van der Waals surface area contributed by atoms with E-state index in [1.165, 1.54) is 12.1 Å². The van der Waals surface area contributed by atoms with Crippen molar-refractivity contribution in [3.63, 3.8) is 0 Å². The molecular formula is C18H23F3N4O2. The minimum absolute atomic E-state index is 0.0798. The third-order valence-electron chi connectivity index (χ3n) is 5.16. The molecule has 2 unspecified atom stereocenters. The van der Waals surface area contributed by atoms with Gasteiger partial charge in [-0.1, -0.05) is 6.92 Å². The molecule has 0 spiro atoms. The van der Waals surface area contributed by atoms with Crippen LogP contribution in [0.15, 0.2) is 24.3 Å². The number of carbonyl (C=O) groups excluding carboxylic acids is 2. The van der Waals surface area contributed by atoms with E-state index in [1.807, 2.05) is 11.8 Å². The molecule has 2 aliphatic rings. The van der Waals surface area contributed by atoms with E-state index in [4.69, 9.17) is 0 Å². The SMILES string of the molecule is CC1CCNC(=O)C1NC(=O)N1CCN(c2ccc(C(F)(F)F)cc2)CC1. The van der Waals surface area contributed by atoms with Crippen molar-refractivity contribution in [3.05, 3.63) is 29.8 Å². The maximum atomic E-state index is 12.7. The highest BCUT2D eigenvalue weighted by Gasteiger charge is 2.33. The summed E-state index contributed by atoms with van der Waals surface area (Å²) in [5.41, 5.74) is 0.0208. The molecule has 148 valence electrons. The largest absolute Gasteiger partial charge is 0.416 e. The van der Waals surface area contributed by atoms with Gasteiger partial charge in [0, 0.05) is 38.4 Å². The number of halogens is 3. The molecule has 2 fully saturated rings. The van der Waals surface area contributed by atoms with Gasteiger partial charge in [0.2, 0.25) is 5.91 Å². The standard InChI is InChI=1S/C18H23F3N4O2/c1-12-6-7-22-16(26)15(12)23-17(27)25-10-8-24(9-11-25)14-4-2-13(3-5-14)18(19,20)21/h2-5,12,15H,6-11H2,1H3,(H,22,26)(H,23,27). The van der Waals surface area contributed by atoms with Gasteiger partial charge in [-0.05, 0) is 36.6 Å². The number of rotatable bonds is 2. The summed E-state index contributed by atoms with van der Waals surface area (Å²) in [4.78, 5) is 28.0. The summed E-state index contributed by atoms with van der Waals surface area (Å²) in [6.07, 6.45) is -3.53. The molecule has 2 saturated heterocycles.